The van der Waals surface area contributed by atoms with Crippen LogP contribution in [0.5, 0.6) is 0 Å². The predicted octanol–water partition coefficient (Wildman–Crippen LogP) is 1.83. The lowest BCUT2D eigenvalue weighted by Crippen LogP contribution is -2.08. The highest BCUT2D eigenvalue weighted by Gasteiger charge is 2.24. The first-order valence-corrected chi connectivity index (χ1v) is 6.49. The summed E-state index contributed by atoms with van der Waals surface area (Å²) in [7, 11) is 0. The van der Waals surface area contributed by atoms with Crippen LogP contribution in [-0.4, -0.2) is 33.4 Å². The monoisotopic (exact) mass is 273 g/mol. The van der Waals surface area contributed by atoms with Crippen molar-refractivity contribution in [2.45, 2.75) is 12.3 Å². The lowest BCUT2D eigenvalue weighted by atomic mass is 10.1. The Kier molecular flexibility index (Phi) is 2.53. The Morgan fingerprint density at radius 3 is 3.15 bits per heavy atom. The van der Waals surface area contributed by atoms with E-state index in [1.165, 1.54) is 6.07 Å². The van der Waals surface area contributed by atoms with E-state index in [-0.39, 0.29) is 17.6 Å². The third-order valence-corrected chi connectivity index (χ3v) is 3.65. The minimum Gasteiger partial charge on any atom is -0.339 e. The summed E-state index contributed by atoms with van der Waals surface area (Å²) in [5.74, 6) is 0.667. The van der Waals surface area contributed by atoms with Crippen LogP contribution >= 0.6 is 0 Å². The summed E-state index contributed by atoms with van der Waals surface area (Å²) in [6.07, 6.45) is 2.53. The van der Waals surface area contributed by atoms with Gasteiger partial charge >= 0.3 is 0 Å². The number of rotatable bonds is 2. The Morgan fingerprint density at radius 1 is 1.35 bits per heavy atom. The summed E-state index contributed by atoms with van der Waals surface area (Å²) >= 11 is 0. The van der Waals surface area contributed by atoms with Crippen LogP contribution in [0, 0.1) is 5.82 Å². The highest BCUT2D eigenvalue weighted by molar-refractivity contribution is 5.92. The van der Waals surface area contributed by atoms with E-state index >= 15 is 0 Å². The highest BCUT2D eigenvalue weighted by atomic mass is 19.1. The molecule has 2 N–H and O–H groups in total. The molecule has 0 radical (unpaired) electrons. The minimum absolute atomic E-state index is 0.211. The first kappa shape index (κ1) is 11.5. The summed E-state index contributed by atoms with van der Waals surface area (Å²) in [5, 5.41) is 14.6. The number of hydrogen-bond acceptors (Lipinski definition) is 5. The molecule has 0 saturated carbocycles. The van der Waals surface area contributed by atoms with Crippen molar-refractivity contribution in [2.24, 2.45) is 0 Å². The van der Waals surface area contributed by atoms with Gasteiger partial charge in [0.2, 0.25) is 11.7 Å². The van der Waals surface area contributed by atoms with E-state index in [0.29, 0.717) is 16.8 Å². The third kappa shape index (κ3) is 1.70. The molecule has 0 bridgehead atoms. The molecule has 102 valence electrons. The van der Waals surface area contributed by atoms with Crippen molar-refractivity contribution >= 4 is 10.9 Å². The molecule has 1 saturated heterocycles. The molecule has 1 atom stereocenters. The van der Waals surface area contributed by atoms with Gasteiger partial charge in [-0.3, -0.25) is 5.10 Å². The van der Waals surface area contributed by atoms with Gasteiger partial charge in [-0.05, 0) is 25.1 Å². The van der Waals surface area contributed by atoms with Crippen molar-refractivity contribution in [3.8, 4) is 11.4 Å². The highest BCUT2D eigenvalue weighted by Crippen LogP contribution is 2.30. The number of H-pyrrole nitrogens is 1. The molecule has 6 nitrogen and oxygen atoms in total. The number of nitrogens with one attached hydrogen (secondary N) is 2. The summed E-state index contributed by atoms with van der Waals surface area (Å²) in [6.45, 7) is 1.76. The van der Waals surface area contributed by atoms with Crippen molar-refractivity contribution in [3.63, 3.8) is 0 Å². The average Bonchev–Trinajstić information content (AvgIpc) is 3.19. The van der Waals surface area contributed by atoms with E-state index < -0.39 is 0 Å². The average molecular weight is 273 g/mol. The SMILES string of the molecule is Fc1ccc2[nH]ncc2c1-c1noc(C2CCNC2)n1. The Bertz CT molecular complexity index is 759. The van der Waals surface area contributed by atoms with Crippen LogP contribution in [0.15, 0.2) is 22.9 Å². The van der Waals surface area contributed by atoms with Gasteiger partial charge in [-0.2, -0.15) is 10.1 Å². The number of fused-ring (bicyclic) bond motifs is 1. The third-order valence-electron chi connectivity index (χ3n) is 3.65. The molecule has 4 rings (SSSR count). The van der Waals surface area contributed by atoms with E-state index in [1.807, 2.05) is 0 Å². The van der Waals surface area contributed by atoms with Crippen LogP contribution in [0.25, 0.3) is 22.3 Å². The quantitative estimate of drug-likeness (QED) is 0.744. The molecule has 20 heavy (non-hydrogen) atoms. The molecule has 1 aliphatic rings. The molecule has 7 heteroatoms. The molecule has 2 aromatic heterocycles. The van der Waals surface area contributed by atoms with Crippen LogP contribution < -0.4 is 5.32 Å². The zero-order valence-corrected chi connectivity index (χ0v) is 10.6. The maximum atomic E-state index is 14.1. The summed E-state index contributed by atoms with van der Waals surface area (Å²) in [6, 6.07) is 3.02. The molecular formula is C13H12FN5O. The number of nitrogens with zero attached hydrogens (tertiary/aromatic N) is 3. The zero-order chi connectivity index (χ0) is 13.5. The molecular weight excluding hydrogens is 261 g/mol. The number of aromatic amines is 1. The Morgan fingerprint density at radius 2 is 2.30 bits per heavy atom. The van der Waals surface area contributed by atoms with Gasteiger partial charge in [0.15, 0.2) is 0 Å². The maximum Gasteiger partial charge on any atom is 0.231 e. The summed E-state index contributed by atoms with van der Waals surface area (Å²) in [4.78, 5) is 4.35. The van der Waals surface area contributed by atoms with Gasteiger partial charge in [-0.25, -0.2) is 4.39 Å². The maximum absolute atomic E-state index is 14.1. The summed E-state index contributed by atoms with van der Waals surface area (Å²) in [5.41, 5.74) is 1.08. The fourth-order valence-electron chi connectivity index (χ4n) is 2.59. The molecule has 3 heterocycles. The molecule has 1 aromatic carbocycles. The van der Waals surface area contributed by atoms with Crippen molar-refractivity contribution in [1.29, 1.82) is 0 Å². The van der Waals surface area contributed by atoms with Gasteiger partial charge in [-0.1, -0.05) is 5.16 Å². The standard InChI is InChI=1S/C13H12FN5O/c14-9-1-2-10-8(6-16-18-10)11(9)12-17-13(20-19-12)7-3-4-15-5-7/h1-2,6-7,15H,3-5H2,(H,16,18). The van der Waals surface area contributed by atoms with Crippen LogP contribution in [0.1, 0.15) is 18.2 Å². The Hall–Kier alpha value is -2.28. The largest absolute Gasteiger partial charge is 0.339 e. The minimum atomic E-state index is -0.379. The second-order valence-electron chi connectivity index (χ2n) is 4.90. The number of halogens is 1. The number of aromatic nitrogens is 4. The molecule has 1 fully saturated rings. The van der Waals surface area contributed by atoms with Gasteiger partial charge in [0.25, 0.3) is 0 Å². The van der Waals surface area contributed by atoms with Gasteiger partial charge < -0.3 is 9.84 Å². The smallest absolute Gasteiger partial charge is 0.231 e. The van der Waals surface area contributed by atoms with E-state index in [2.05, 4.69) is 25.7 Å². The van der Waals surface area contributed by atoms with Crippen LogP contribution in [0.3, 0.4) is 0 Å². The molecule has 1 unspecified atom stereocenters. The first-order chi connectivity index (χ1) is 9.83. The Labute approximate surface area is 113 Å². The molecule has 0 spiro atoms. The topological polar surface area (TPSA) is 79.6 Å². The lowest BCUT2D eigenvalue weighted by Gasteiger charge is -2.00. The van der Waals surface area contributed by atoms with E-state index in [1.54, 1.807) is 12.3 Å². The number of hydrogen-bond donors (Lipinski definition) is 2. The van der Waals surface area contributed by atoms with Crippen LogP contribution in [0.4, 0.5) is 4.39 Å². The van der Waals surface area contributed by atoms with Gasteiger partial charge in [0, 0.05) is 11.9 Å². The van der Waals surface area contributed by atoms with E-state index in [9.17, 15) is 4.39 Å². The molecule has 0 amide bonds. The van der Waals surface area contributed by atoms with Crippen molar-refractivity contribution in [1.82, 2.24) is 25.7 Å². The van der Waals surface area contributed by atoms with Gasteiger partial charge in [-0.15, -0.1) is 0 Å². The summed E-state index contributed by atoms with van der Waals surface area (Å²) < 4.78 is 19.4. The van der Waals surface area contributed by atoms with Crippen LogP contribution in [-0.2, 0) is 0 Å². The van der Waals surface area contributed by atoms with E-state index in [4.69, 9.17) is 4.52 Å². The second-order valence-corrected chi connectivity index (χ2v) is 4.90. The molecule has 1 aliphatic heterocycles. The fourth-order valence-corrected chi connectivity index (χ4v) is 2.59. The zero-order valence-electron chi connectivity index (χ0n) is 10.6. The van der Waals surface area contributed by atoms with Crippen molar-refractivity contribution < 1.29 is 8.91 Å². The van der Waals surface area contributed by atoms with Crippen molar-refractivity contribution in [2.75, 3.05) is 13.1 Å². The normalized spacial score (nSPS) is 18.9. The first-order valence-electron chi connectivity index (χ1n) is 6.49. The van der Waals surface area contributed by atoms with Gasteiger partial charge in [0.05, 0.1) is 23.2 Å². The number of benzene rings is 1. The molecule has 3 aromatic rings. The van der Waals surface area contributed by atoms with Crippen molar-refractivity contribution in [3.05, 3.63) is 30.0 Å². The van der Waals surface area contributed by atoms with Crippen LogP contribution in [0.2, 0.25) is 0 Å². The lowest BCUT2D eigenvalue weighted by molar-refractivity contribution is 0.359. The fraction of sp³-hybridized carbons (Fsp3) is 0.308. The molecule has 0 aliphatic carbocycles. The van der Waals surface area contributed by atoms with E-state index in [0.717, 1.165) is 25.0 Å². The predicted molar refractivity (Wildman–Crippen MR) is 69.6 cm³/mol. The Balaban J connectivity index is 1.82. The van der Waals surface area contributed by atoms with Gasteiger partial charge in [0.1, 0.15) is 5.82 Å². The second kappa shape index (κ2) is 4.38.